The van der Waals surface area contributed by atoms with Crippen LogP contribution in [0.1, 0.15) is 45.3 Å². The summed E-state index contributed by atoms with van der Waals surface area (Å²) in [5, 5.41) is 6.76. The van der Waals surface area contributed by atoms with Crippen LogP contribution in [0.15, 0.2) is 29.6 Å². The third-order valence-electron chi connectivity index (χ3n) is 4.82. The van der Waals surface area contributed by atoms with Crippen molar-refractivity contribution in [2.45, 2.75) is 38.5 Å². The van der Waals surface area contributed by atoms with Gasteiger partial charge in [0.25, 0.3) is 5.91 Å². The average Bonchev–Trinajstić information content (AvgIpc) is 3.38. The fraction of sp³-hybridized carbons (Fsp3) is 0.381. The summed E-state index contributed by atoms with van der Waals surface area (Å²) in [5.41, 5.74) is 2.67. The lowest BCUT2D eigenvalue weighted by Gasteiger charge is -2.06. The summed E-state index contributed by atoms with van der Waals surface area (Å²) < 4.78 is 5.38. The van der Waals surface area contributed by atoms with Gasteiger partial charge >= 0.3 is 0 Å². The van der Waals surface area contributed by atoms with Crippen molar-refractivity contribution in [2.24, 2.45) is 0 Å². The fourth-order valence-electron chi connectivity index (χ4n) is 3.37. The summed E-state index contributed by atoms with van der Waals surface area (Å²) in [6, 6.07) is 7.71. The summed E-state index contributed by atoms with van der Waals surface area (Å²) in [4.78, 5) is 23.1. The lowest BCUT2D eigenvalue weighted by atomic mass is 10.0. The number of hydrogen-bond donors (Lipinski definition) is 1. The minimum absolute atomic E-state index is 0.129. The Labute approximate surface area is 172 Å². The molecule has 0 bridgehead atoms. The number of hydrogen-bond acceptors (Lipinski definition) is 6. The first-order chi connectivity index (χ1) is 13.7. The lowest BCUT2D eigenvalue weighted by molar-refractivity contribution is 0.0949. The Morgan fingerprint density at radius 2 is 2.07 bits per heavy atom. The molecule has 1 N–H and O–H groups in total. The van der Waals surface area contributed by atoms with Gasteiger partial charge in [0.15, 0.2) is 0 Å². The number of carbonyl (C=O) groups is 1. The Balaban J connectivity index is 1.30. The molecule has 1 aliphatic rings. The van der Waals surface area contributed by atoms with E-state index in [0.717, 1.165) is 35.6 Å². The minimum atomic E-state index is -0.129. The molecule has 0 saturated heterocycles. The van der Waals surface area contributed by atoms with Crippen molar-refractivity contribution in [1.29, 1.82) is 0 Å². The highest BCUT2D eigenvalue weighted by molar-refractivity contribution is 7.13. The zero-order valence-electron chi connectivity index (χ0n) is 15.9. The second-order valence-corrected chi connectivity index (χ2v) is 8.81. The van der Waals surface area contributed by atoms with Crippen molar-refractivity contribution in [3.63, 3.8) is 0 Å². The maximum Gasteiger partial charge on any atom is 0.270 e. The van der Waals surface area contributed by atoms with E-state index in [1.54, 1.807) is 12.5 Å². The lowest BCUT2D eigenvalue weighted by Crippen LogP contribution is -2.25. The standard InChI is InChI=1S/C21H23N3O2S2/c1-26-17-9-4-2-7-14(17)21-24-16(13-27-21)20(25)22-12-6-11-19-23-15-8-3-5-10-18(15)28-19/h2,4,7,9,13H,3,5-6,8,10-12H2,1H3,(H,22,25). The highest BCUT2D eigenvalue weighted by Gasteiger charge is 2.16. The molecule has 0 spiro atoms. The number of nitrogens with zero attached hydrogens (tertiary/aromatic N) is 2. The monoisotopic (exact) mass is 413 g/mol. The number of fused-ring (bicyclic) bond motifs is 1. The second kappa shape index (κ2) is 8.84. The van der Waals surface area contributed by atoms with Crippen LogP contribution in [0.5, 0.6) is 5.75 Å². The number of ether oxygens (including phenoxy) is 1. The molecule has 7 heteroatoms. The van der Waals surface area contributed by atoms with Crippen LogP contribution in [0.3, 0.4) is 0 Å². The number of aromatic nitrogens is 2. The van der Waals surface area contributed by atoms with E-state index in [4.69, 9.17) is 9.72 Å². The quantitative estimate of drug-likeness (QED) is 0.579. The van der Waals surface area contributed by atoms with Gasteiger partial charge in [0.1, 0.15) is 16.5 Å². The largest absolute Gasteiger partial charge is 0.496 e. The van der Waals surface area contributed by atoms with Crippen LogP contribution in [0.2, 0.25) is 0 Å². The third kappa shape index (κ3) is 4.25. The summed E-state index contributed by atoms with van der Waals surface area (Å²) in [7, 11) is 1.64. The number of nitrogens with one attached hydrogen (secondary N) is 1. The molecule has 0 unspecified atom stereocenters. The van der Waals surface area contributed by atoms with E-state index in [2.05, 4.69) is 10.3 Å². The van der Waals surface area contributed by atoms with Crippen molar-refractivity contribution in [3.05, 3.63) is 50.9 Å². The van der Waals surface area contributed by atoms with Crippen LogP contribution in [-0.4, -0.2) is 29.5 Å². The van der Waals surface area contributed by atoms with Crippen LogP contribution >= 0.6 is 22.7 Å². The van der Waals surface area contributed by atoms with Crippen molar-refractivity contribution >= 4 is 28.6 Å². The van der Waals surface area contributed by atoms with Crippen LogP contribution in [0, 0.1) is 0 Å². The molecular weight excluding hydrogens is 390 g/mol. The molecule has 0 atom stereocenters. The molecule has 28 heavy (non-hydrogen) atoms. The van der Waals surface area contributed by atoms with Crippen molar-refractivity contribution in [1.82, 2.24) is 15.3 Å². The second-order valence-electron chi connectivity index (χ2n) is 6.78. The molecule has 3 aromatic rings. The molecule has 4 rings (SSSR count). The minimum Gasteiger partial charge on any atom is -0.496 e. The Kier molecular flexibility index (Phi) is 6.02. The van der Waals surface area contributed by atoms with Gasteiger partial charge in [-0.1, -0.05) is 12.1 Å². The molecule has 2 aromatic heterocycles. The first kappa shape index (κ1) is 19.1. The molecule has 146 valence electrons. The van der Waals surface area contributed by atoms with E-state index >= 15 is 0 Å². The molecule has 1 amide bonds. The molecular formula is C21H23N3O2S2. The fourth-order valence-corrected chi connectivity index (χ4v) is 5.40. The van der Waals surface area contributed by atoms with E-state index in [0.29, 0.717) is 12.2 Å². The summed E-state index contributed by atoms with van der Waals surface area (Å²) in [5.74, 6) is 0.630. The third-order valence-corrected chi connectivity index (χ3v) is 6.91. The van der Waals surface area contributed by atoms with Crippen LogP contribution in [0.4, 0.5) is 0 Å². The number of rotatable bonds is 7. The van der Waals surface area contributed by atoms with Gasteiger partial charge in [0.2, 0.25) is 0 Å². The topological polar surface area (TPSA) is 64.1 Å². The smallest absolute Gasteiger partial charge is 0.270 e. The molecule has 5 nitrogen and oxygen atoms in total. The average molecular weight is 414 g/mol. The van der Waals surface area contributed by atoms with Gasteiger partial charge in [-0.25, -0.2) is 9.97 Å². The highest BCUT2D eigenvalue weighted by atomic mass is 32.1. The maximum absolute atomic E-state index is 12.4. The van der Waals surface area contributed by atoms with E-state index < -0.39 is 0 Å². The van der Waals surface area contributed by atoms with Gasteiger partial charge in [0.05, 0.1) is 23.4 Å². The van der Waals surface area contributed by atoms with Gasteiger partial charge in [-0.2, -0.15) is 0 Å². The SMILES string of the molecule is COc1ccccc1-c1nc(C(=O)NCCCc2nc3c(s2)CCCC3)cs1. The van der Waals surface area contributed by atoms with Crippen molar-refractivity contribution in [3.8, 4) is 16.3 Å². The van der Waals surface area contributed by atoms with Crippen LogP contribution in [-0.2, 0) is 19.3 Å². The number of carbonyl (C=O) groups excluding carboxylic acids is 1. The maximum atomic E-state index is 12.4. The Morgan fingerprint density at radius 1 is 1.21 bits per heavy atom. The molecule has 1 aliphatic carbocycles. The van der Waals surface area contributed by atoms with E-state index in [1.165, 1.54) is 46.2 Å². The van der Waals surface area contributed by atoms with Crippen molar-refractivity contribution < 1.29 is 9.53 Å². The Hall–Kier alpha value is -2.25. The Bertz CT molecular complexity index is 941. The molecule has 1 aromatic carbocycles. The van der Waals surface area contributed by atoms with Gasteiger partial charge in [0, 0.05) is 23.2 Å². The van der Waals surface area contributed by atoms with Crippen LogP contribution < -0.4 is 10.1 Å². The van der Waals surface area contributed by atoms with Gasteiger partial charge < -0.3 is 10.1 Å². The zero-order chi connectivity index (χ0) is 19.3. The van der Waals surface area contributed by atoms with Crippen LogP contribution in [0.25, 0.3) is 10.6 Å². The number of aryl methyl sites for hydroxylation is 3. The number of para-hydroxylation sites is 1. The van der Waals surface area contributed by atoms with Gasteiger partial charge in [-0.3, -0.25) is 4.79 Å². The zero-order valence-corrected chi connectivity index (χ0v) is 17.5. The molecule has 0 radical (unpaired) electrons. The normalized spacial score (nSPS) is 13.2. The molecule has 2 heterocycles. The number of thiazole rings is 2. The van der Waals surface area contributed by atoms with E-state index in [9.17, 15) is 4.79 Å². The van der Waals surface area contributed by atoms with E-state index in [-0.39, 0.29) is 5.91 Å². The Morgan fingerprint density at radius 3 is 2.93 bits per heavy atom. The molecule has 0 aliphatic heterocycles. The summed E-state index contributed by atoms with van der Waals surface area (Å²) in [6.07, 6.45) is 6.66. The number of methoxy groups -OCH3 is 1. The predicted octanol–water partition coefficient (Wildman–Crippen LogP) is 4.52. The van der Waals surface area contributed by atoms with E-state index in [1.807, 2.05) is 35.6 Å². The van der Waals surface area contributed by atoms with Crippen molar-refractivity contribution in [2.75, 3.05) is 13.7 Å². The first-order valence-corrected chi connectivity index (χ1v) is 11.3. The number of benzene rings is 1. The number of amides is 1. The van der Waals surface area contributed by atoms with Gasteiger partial charge in [-0.05, 0) is 44.2 Å². The molecule has 0 saturated carbocycles. The summed E-state index contributed by atoms with van der Waals surface area (Å²) in [6.45, 7) is 0.630. The van der Waals surface area contributed by atoms with Gasteiger partial charge in [-0.15, -0.1) is 22.7 Å². The predicted molar refractivity (Wildman–Crippen MR) is 114 cm³/mol. The summed E-state index contributed by atoms with van der Waals surface area (Å²) >= 11 is 3.30. The first-order valence-electron chi connectivity index (χ1n) is 9.59. The molecule has 0 fully saturated rings. The highest BCUT2D eigenvalue weighted by Crippen LogP contribution is 2.32.